The summed E-state index contributed by atoms with van der Waals surface area (Å²) in [5, 5.41) is 0.487. The maximum Gasteiger partial charge on any atom is 0.328 e. The van der Waals surface area contributed by atoms with Crippen molar-refractivity contribution in [2.75, 3.05) is 18.0 Å². The van der Waals surface area contributed by atoms with Gasteiger partial charge in [-0.1, -0.05) is 23.7 Å². The summed E-state index contributed by atoms with van der Waals surface area (Å²) in [6.07, 6.45) is 1.98. The topological polar surface area (TPSA) is 60.9 Å². The Kier molecular flexibility index (Phi) is 3.30. The molecule has 3 heterocycles. The molecule has 7 heteroatoms. The van der Waals surface area contributed by atoms with E-state index in [1.165, 1.54) is 4.90 Å². The number of benzene rings is 1. The second kappa shape index (κ2) is 5.23. The van der Waals surface area contributed by atoms with Crippen LogP contribution in [0.4, 0.5) is 10.5 Å². The van der Waals surface area contributed by atoms with Gasteiger partial charge in [-0.05, 0) is 31.4 Å². The third-order valence-electron chi connectivity index (χ3n) is 4.86. The van der Waals surface area contributed by atoms with E-state index in [1.54, 1.807) is 28.0 Å². The Labute approximate surface area is 138 Å². The van der Waals surface area contributed by atoms with Crippen LogP contribution in [0.3, 0.4) is 0 Å². The van der Waals surface area contributed by atoms with E-state index in [9.17, 15) is 14.4 Å². The molecule has 1 aromatic rings. The number of carbonyl (C=O) groups excluding carboxylic acids is 3. The lowest BCUT2D eigenvalue weighted by Crippen LogP contribution is -2.46. The highest BCUT2D eigenvalue weighted by Gasteiger charge is 2.53. The number of anilines is 1. The van der Waals surface area contributed by atoms with Gasteiger partial charge >= 0.3 is 6.03 Å². The Bertz CT molecular complexity index is 686. The SMILES string of the molecule is O=C1C(N2C(=O)[C@H]3CCCN3C2=O)CCN1c1ccccc1Cl. The Balaban J connectivity index is 1.60. The van der Waals surface area contributed by atoms with E-state index in [-0.39, 0.29) is 23.9 Å². The van der Waals surface area contributed by atoms with Crippen molar-refractivity contribution in [1.29, 1.82) is 0 Å². The number of imide groups is 1. The number of halogens is 1. The molecule has 0 saturated carbocycles. The number of nitrogens with zero attached hydrogens (tertiary/aromatic N) is 3. The normalized spacial score (nSPS) is 27.3. The molecular weight excluding hydrogens is 318 g/mol. The standard InChI is InChI=1S/C16H16ClN3O3/c17-10-4-1-2-5-11(10)18-9-7-13(14(18)21)20-15(22)12-6-3-8-19(12)16(20)23/h1-2,4-5,12-13H,3,6-9H2/t12-,13?/m1/s1. The number of carbonyl (C=O) groups is 3. The molecule has 3 aliphatic rings. The second-order valence-electron chi connectivity index (χ2n) is 6.09. The largest absolute Gasteiger partial charge is 0.328 e. The highest BCUT2D eigenvalue weighted by atomic mass is 35.5. The van der Waals surface area contributed by atoms with Crippen molar-refractivity contribution in [3.8, 4) is 0 Å². The van der Waals surface area contributed by atoms with Gasteiger partial charge in [0.1, 0.15) is 12.1 Å². The first-order valence-corrected chi connectivity index (χ1v) is 8.17. The molecule has 0 N–H and O–H groups in total. The fourth-order valence-electron chi connectivity index (χ4n) is 3.75. The van der Waals surface area contributed by atoms with Gasteiger partial charge in [-0.3, -0.25) is 9.59 Å². The van der Waals surface area contributed by atoms with Gasteiger partial charge in [0.05, 0.1) is 10.7 Å². The van der Waals surface area contributed by atoms with Crippen molar-refractivity contribution < 1.29 is 14.4 Å². The number of hydrogen-bond donors (Lipinski definition) is 0. The molecule has 0 aromatic heterocycles. The van der Waals surface area contributed by atoms with Crippen LogP contribution in [0.15, 0.2) is 24.3 Å². The molecule has 3 saturated heterocycles. The highest BCUT2D eigenvalue weighted by molar-refractivity contribution is 6.34. The van der Waals surface area contributed by atoms with Crippen molar-refractivity contribution in [3.63, 3.8) is 0 Å². The number of urea groups is 1. The van der Waals surface area contributed by atoms with Gasteiger partial charge in [-0.25, -0.2) is 9.69 Å². The lowest BCUT2D eigenvalue weighted by Gasteiger charge is -2.22. The smallest absolute Gasteiger partial charge is 0.312 e. The van der Waals surface area contributed by atoms with E-state index < -0.39 is 6.04 Å². The lowest BCUT2D eigenvalue weighted by atomic mass is 10.1. The molecule has 1 unspecified atom stereocenters. The summed E-state index contributed by atoms with van der Waals surface area (Å²) in [5.41, 5.74) is 0.626. The first-order valence-electron chi connectivity index (χ1n) is 7.79. The average molecular weight is 334 g/mol. The van der Waals surface area contributed by atoms with Gasteiger partial charge in [0.15, 0.2) is 0 Å². The van der Waals surface area contributed by atoms with Gasteiger partial charge in [0, 0.05) is 13.1 Å². The molecule has 0 bridgehead atoms. The van der Waals surface area contributed by atoms with Crippen LogP contribution in [0.1, 0.15) is 19.3 Å². The van der Waals surface area contributed by atoms with E-state index in [0.717, 1.165) is 6.42 Å². The minimum Gasteiger partial charge on any atom is -0.312 e. The van der Waals surface area contributed by atoms with E-state index in [1.807, 2.05) is 6.07 Å². The third-order valence-corrected chi connectivity index (χ3v) is 5.18. The van der Waals surface area contributed by atoms with Crippen molar-refractivity contribution in [1.82, 2.24) is 9.80 Å². The molecular formula is C16H16ClN3O3. The molecule has 120 valence electrons. The zero-order chi connectivity index (χ0) is 16.1. The first kappa shape index (κ1) is 14.5. The minimum absolute atomic E-state index is 0.230. The van der Waals surface area contributed by atoms with E-state index >= 15 is 0 Å². The molecule has 3 fully saturated rings. The van der Waals surface area contributed by atoms with Gasteiger partial charge in [-0.15, -0.1) is 0 Å². The Morgan fingerprint density at radius 3 is 2.48 bits per heavy atom. The number of hydrogen-bond acceptors (Lipinski definition) is 3. The minimum atomic E-state index is -0.711. The van der Waals surface area contributed by atoms with E-state index in [2.05, 4.69) is 0 Å². The van der Waals surface area contributed by atoms with Gasteiger partial charge in [-0.2, -0.15) is 0 Å². The fourth-order valence-corrected chi connectivity index (χ4v) is 3.98. The molecule has 4 rings (SSSR count). The molecule has 1 aromatic carbocycles. The summed E-state index contributed by atoms with van der Waals surface area (Å²) in [6.45, 7) is 1.05. The predicted molar refractivity (Wildman–Crippen MR) is 84.2 cm³/mol. The number of para-hydroxylation sites is 1. The van der Waals surface area contributed by atoms with Crippen molar-refractivity contribution in [3.05, 3.63) is 29.3 Å². The van der Waals surface area contributed by atoms with Crippen molar-refractivity contribution in [2.45, 2.75) is 31.3 Å². The van der Waals surface area contributed by atoms with Gasteiger partial charge in [0.25, 0.3) is 5.91 Å². The van der Waals surface area contributed by atoms with Crippen LogP contribution in [0.25, 0.3) is 0 Å². The van der Waals surface area contributed by atoms with Crippen molar-refractivity contribution in [2.24, 2.45) is 0 Å². The summed E-state index contributed by atoms with van der Waals surface area (Å²) in [4.78, 5) is 42.1. The van der Waals surface area contributed by atoms with Crippen molar-refractivity contribution >= 4 is 35.1 Å². The molecule has 0 radical (unpaired) electrons. The van der Waals surface area contributed by atoms with Crippen LogP contribution >= 0.6 is 11.6 Å². The molecule has 23 heavy (non-hydrogen) atoms. The van der Waals surface area contributed by atoms with Crippen LogP contribution in [-0.4, -0.2) is 52.8 Å². The molecule has 2 atom stereocenters. The summed E-state index contributed by atoms with van der Waals surface area (Å²) in [6, 6.07) is 5.70. The summed E-state index contributed by atoms with van der Waals surface area (Å²) in [7, 11) is 0. The van der Waals surface area contributed by atoms with Crippen LogP contribution in [-0.2, 0) is 9.59 Å². The maximum atomic E-state index is 12.8. The van der Waals surface area contributed by atoms with E-state index in [4.69, 9.17) is 11.6 Å². The van der Waals surface area contributed by atoms with Crippen LogP contribution in [0.2, 0.25) is 5.02 Å². The number of amides is 4. The lowest BCUT2D eigenvalue weighted by molar-refractivity contribution is -0.133. The highest BCUT2D eigenvalue weighted by Crippen LogP contribution is 2.34. The maximum absolute atomic E-state index is 12.8. The fraction of sp³-hybridized carbons (Fsp3) is 0.438. The number of fused-ring (bicyclic) bond motifs is 1. The first-order chi connectivity index (χ1) is 11.1. The van der Waals surface area contributed by atoms with E-state index in [0.29, 0.717) is 36.6 Å². The Morgan fingerprint density at radius 1 is 0.957 bits per heavy atom. The predicted octanol–water partition coefficient (Wildman–Crippen LogP) is 1.87. The summed E-state index contributed by atoms with van der Waals surface area (Å²) >= 11 is 6.16. The molecule has 0 spiro atoms. The van der Waals surface area contributed by atoms with Crippen LogP contribution < -0.4 is 4.90 Å². The van der Waals surface area contributed by atoms with Crippen LogP contribution in [0, 0.1) is 0 Å². The van der Waals surface area contributed by atoms with Crippen LogP contribution in [0.5, 0.6) is 0 Å². The average Bonchev–Trinajstić information content (AvgIpc) is 3.20. The third kappa shape index (κ3) is 2.05. The monoisotopic (exact) mass is 333 g/mol. The summed E-state index contributed by atoms with van der Waals surface area (Å²) in [5.74, 6) is -0.465. The molecule has 6 nitrogen and oxygen atoms in total. The zero-order valence-corrected chi connectivity index (χ0v) is 13.2. The summed E-state index contributed by atoms with van der Waals surface area (Å²) < 4.78 is 0. The molecule has 4 amide bonds. The van der Waals surface area contributed by atoms with Gasteiger partial charge in [0.2, 0.25) is 5.91 Å². The second-order valence-corrected chi connectivity index (χ2v) is 6.50. The Morgan fingerprint density at radius 2 is 1.74 bits per heavy atom. The van der Waals surface area contributed by atoms with Gasteiger partial charge < -0.3 is 9.80 Å². The number of rotatable bonds is 2. The zero-order valence-electron chi connectivity index (χ0n) is 12.4. The Hall–Kier alpha value is -2.08. The molecule has 3 aliphatic heterocycles. The molecule has 0 aliphatic carbocycles. The quantitative estimate of drug-likeness (QED) is 0.776.